The zero-order valence-corrected chi connectivity index (χ0v) is 10.7. The molecular weight excluding hydrogens is 226 g/mol. The Kier molecular flexibility index (Phi) is 3.35. The number of nitrogens with one attached hydrogen (secondary N) is 2. The highest BCUT2D eigenvalue weighted by Crippen LogP contribution is 2.48. The molecule has 2 fully saturated rings. The van der Waals surface area contributed by atoms with Crippen LogP contribution in [0.15, 0.2) is 12.4 Å². The van der Waals surface area contributed by atoms with Crippen molar-refractivity contribution in [3.05, 3.63) is 18.2 Å². The summed E-state index contributed by atoms with van der Waals surface area (Å²) < 4.78 is 0. The highest BCUT2D eigenvalue weighted by atomic mass is 16.1. The maximum Gasteiger partial charge on any atom is 0.223 e. The summed E-state index contributed by atoms with van der Waals surface area (Å²) in [6.07, 6.45) is 10.5. The lowest BCUT2D eigenvalue weighted by Crippen LogP contribution is -2.34. The van der Waals surface area contributed by atoms with Crippen molar-refractivity contribution in [3.8, 4) is 0 Å². The van der Waals surface area contributed by atoms with Gasteiger partial charge in [-0.15, -0.1) is 0 Å². The fourth-order valence-corrected chi connectivity index (χ4v) is 3.60. The molecule has 0 aliphatic heterocycles. The minimum absolute atomic E-state index is 0.293. The highest BCUT2D eigenvalue weighted by molar-refractivity contribution is 5.79. The molecule has 2 N–H and O–H groups in total. The average Bonchev–Trinajstić information content (AvgIpc) is 3.10. The van der Waals surface area contributed by atoms with Crippen molar-refractivity contribution in [1.82, 2.24) is 15.3 Å². The molecule has 0 aromatic carbocycles. The van der Waals surface area contributed by atoms with Gasteiger partial charge >= 0.3 is 0 Å². The van der Waals surface area contributed by atoms with E-state index < -0.39 is 0 Å². The molecule has 1 aromatic rings. The van der Waals surface area contributed by atoms with E-state index in [1.807, 2.05) is 6.20 Å². The zero-order chi connectivity index (χ0) is 12.4. The van der Waals surface area contributed by atoms with Crippen LogP contribution in [-0.2, 0) is 11.2 Å². The topological polar surface area (TPSA) is 57.8 Å². The van der Waals surface area contributed by atoms with Crippen molar-refractivity contribution in [2.75, 3.05) is 6.54 Å². The molecule has 2 aliphatic rings. The number of fused-ring (bicyclic) bond motifs is 2. The number of carbonyl (C=O) groups excluding carboxylic acids is 1. The van der Waals surface area contributed by atoms with E-state index in [0.29, 0.717) is 17.7 Å². The monoisotopic (exact) mass is 247 g/mol. The van der Waals surface area contributed by atoms with Gasteiger partial charge in [0, 0.05) is 31.3 Å². The molecule has 1 amide bonds. The third kappa shape index (κ3) is 2.42. The van der Waals surface area contributed by atoms with Gasteiger partial charge in [-0.2, -0.15) is 0 Å². The number of amides is 1. The lowest BCUT2D eigenvalue weighted by molar-refractivity contribution is -0.126. The molecule has 2 bridgehead atoms. The molecule has 4 nitrogen and oxygen atoms in total. The fraction of sp³-hybridized carbons (Fsp3) is 0.714. The Labute approximate surface area is 108 Å². The van der Waals surface area contributed by atoms with Gasteiger partial charge in [0.05, 0.1) is 0 Å². The number of carbonyl (C=O) groups is 1. The Balaban J connectivity index is 1.37. The van der Waals surface area contributed by atoms with Gasteiger partial charge in [0.25, 0.3) is 0 Å². The van der Waals surface area contributed by atoms with Crippen LogP contribution in [0.1, 0.15) is 37.9 Å². The lowest BCUT2D eigenvalue weighted by Gasteiger charge is -2.20. The number of aromatic amines is 1. The van der Waals surface area contributed by atoms with E-state index >= 15 is 0 Å². The largest absolute Gasteiger partial charge is 0.356 e. The molecule has 3 rings (SSSR count). The number of rotatable bonds is 5. The standard InChI is InChI=1S/C14H21N3O/c18-14(12-9-10-3-4-11(12)8-10)17-5-1-2-13-15-6-7-16-13/h6-7,10-12H,1-5,8-9H2,(H,15,16)(H,17,18). The Morgan fingerprint density at radius 2 is 2.39 bits per heavy atom. The Bertz CT molecular complexity index is 401. The summed E-state index contributed by atoms with van der Waals surface area (Å²) in [6.45, 7) is 0.771. The molecular formula is C14H21N3O. The van der Waals surface area contributed by atoms with Crippen LogP contribution >= 0.6 is 0 Å². The van der Waals surface area contributed by atoms with Crippen LogP contribution in [0, 0.1) is 17.8 Å². The van der Waals surface area contributed by atoms with Gasteiger partial charge in [-0.05, 0) is 37.5 Å². The van der Waals surface area contributed by atoms with Crippen LogP contribution in [0.2, 0.25) is 0 Å². The normalized spacial score (nSPS) is 29.7. The first-order chi connectivity index (χ1) is 8.83. The lowest BCUT2D eigenvalue weighted by atomic mass is 9.88. The van der Waals surface area contributed by atoms with E-state index in [0.717, 1.165) is 37.5 Å². The van der Waals surface area contributed by atoms with E-state index in [4.69, 9.17) is 0 Å². The molecule has 98 valence electrons. The summed E-state index contributed by atoms with van der Waals surface area (Å²) in [5, 5.41) is 3.09. The summed E-state index contributed by atoms with van der Waals surface area (Å²) in [5.74, 6) is 3.13. The Morgan fingerprint density at radius 3 is 3.06 bits per heavy atom. The smallest absolute Gasteiger partial charge is 0.223 e. The van der Waals surface area contributed by atoms with Crippen molar-refractivity contribution in [3.63, 3.8) is 0 Å². The van der Waals surface area contributed by atoms with Crippen LogP contribution in [0.5, 0.6) is 0 Å². The first-order valence-electron chi connectivity index (χ1n) is 7.09. The molecule has 0 radical (unpaired) electrons. The molecule has 1 aromatic heterocycles. The van der Waals surface area contributed by atoms with Crippen molar-refractivity contribution in [2.24, 2.45) is 17.8 Å². The average molecular weight is 247 g/mol. The Morgan fingerprint density at radius 1 is 1.44 bits per heavy atom. The number of aryl methyl sites for hydroxylation is 1. The molecule has 3 atom stereocenters. The number of H-pyrrole nitrogens is 1. The molecule has 1 heterocycles. The van der Waals surface area contributed by atoms with Crippen LogP contribution in [0.25, 0.3) is 0 Å². The zero-order valence-electron chi connectivity index (χ0n) is 10.7. The minimum Gasteiger partial charge on any atom is -0.356 e. The number of imidazole rings is 1. The summed E-state index contributed by atoms with van der Waals surface area (Å²) in [4.78, 5) is 19.3. The van der Waals surface area contributed by atoms with Gasteiger partial charge in [-0.3, -0.25) is 4.79 Å². The third-order valence-corrected chi connectivity index (χ3v) is 4.52. The molecule has 2 aliphatic carbocycles. The van der Waals surface area contributed by atoms with Crippen molar-refractivity contribution >= 4 is 5.91 Å². The van der Waals surface area contributed by atoms with Crippen molar-refractivity contribution in [1.29, 1.82) is 0 Å². The van der Waals surface area contributed by atoms with E-state index in [9.17, 15) is 4.79 Å². The quantitative estimate of drug-likeness (QED) is 0.781. The number of hydrogen-bond acceptors (Lipinski definition) is 2. The van der Waals surface area contributed by atoms with Crippen LogP contribution in [0.3, 0.4) is 0 Å². The predicted octanol–water partition coefficient (Wildman–Crippen LogP) is 1.89. The first-order valence-corrected chi connectivity index (χ1v) is 7.09. The van der Waals surface area contributed by atoms with E-state index in [-0.39, 0.29) is 0 Å². The van der Waals surface area contributed by atoms with Crippen molar-refractivity contribution < 1.29 is 4.79 Å². The minimum atomic E-state index is 0.293. The number of aromatic nitrogens is 2. The summed E-state index contributed by atoms with van der Waals surface area (Å²) in [7, 11) is 0. The SMILES string of the molecule is O=C(NCCCc1ncc[nH]1)C1CC2CCC1C2. The molecule has 4 heteroatoms. The Hall–Kier alpha value is -1.32. The van der Waals surface area contributed by atoms with Gasteiger partial charge < -0.3 is 10.3 Å². The molecule has 3 unspecified atom stereocenters. The van der Waals surface area contributed by atoms with Crippen molar-refractivity contribution in [2.45, 2.75) is 38.5 Å². The van der Waals surface area contributed by atoms with Crippen LogP contribution < -0.4 is 5.32 Å². The van der Waals surface area contributed by atoms with Crippen LogP contribution in [-0.4, -0.2) is 22.4 Å². The van der Waals surface area contributed by atoms with E-state index in [1.54, 1.807) is 6.20 Å². The van der Waals surface area contributed by atoms with Gasteiger partial charge in [0.2, 0.25) is 5.91 Å². The second-order valence-corrected chi connectivity index (χ2v) is 5.71. The molecule has 18 heavy (non-hydrogen) atoms. The second-order valence-electron chi connectivity index (χ2n) is 5.71. The molecule has 0 saturated heterocycles. The van der Waals surface area contributed by atoms with Crippen LogP contribution in [0.4, 0.5) is 0 Å². The van der Waals surface area contributed by atoms with Gasteiger partial charge in [-0.25, -0.2) is 4.98 Å². The molecule has 2 saturated carbocycles. The number of nitrogens with zero attached hydrogens (tertiary/aromatic N) is 1. The molecule has 0 spiro atoms. The summed E-state index contributed by atoms with van der Waals surface area (Å²) >= 11 is 0. The fourth-order valence-electron chi connectivity index (χ4n) is 3.60. The maximum atomic E-state index is 12.1. The number of hydrogen-bond donors (Lipinski definition) is 2. The van der Waals surface area contributed by atoms with Gasteiger partial charge in [0.15, 0.2) is 0 Å². The maximum absolute atomic E-state index is 12.1. The van der Waals surface area contributed by atoms with Gasteiger partial charge in [0.1, 0.15) is 5.82 Å². The van der Waals surface area contributed by atoms with Gasteiger partial charge in [-0.1, -0.05) is 6.42 Å². The van der Waals surface area contributed by atoms with E-state index in [1.165, 1.54) is 19.3 Å². The highest BCUT2D eigenvalue weighted by Gasteiger charge is 2.42. The predicted molar refractivity (Wildman–Crippen MR) is 68.9 cm³/mol. The second kappa shape index (κ2) is 5.12. The summed E-state index contributed by atoms with van der Waals surface area (Å²) in [6, 6.07) is 0. The van der Waals surface area contributed by atoms with E-state index in [2.05, 4.69) is 15.3 Å². The third-order valence-electron chi connectivity index (χ3n) is 4.52. The summed E-state index contributed by atoms with van der Waals surface area (Å²) in [5.41, 5.74) is 0. The first kappa shape index (κ1) is 11.8.